The largest absolute Gasteiger partial charge is 0.477 e. The lowest BCUT2D eigenvalue weighted by Gasteiger charge is -2.33. The first kappa shape index (κ1) is 17.1. The molecule has 9 heteroatoms. The third kappa shape index (κ3) is 3.54. The molecule has 25 heavy (non-hydrogen) atoms. The second-order valence-electron chi connectivity index (χ2n) is 6.31. The van der Waals surface area contributed by atoms with Crippen molar-refractivity contribution in [1.29, 1.82) is 0 Å². The van der Waals surface area contributed by atoms with Crippen molar-refractivity contribution in [2.45, 2.75) is 38.1 Å². The van der Waals surface area contributed by atoms with Gasteiger partial charge in [-0.15, -0.1) is 0 Å². The Morgan fingerprint density at radius 3 is 2.80 bits per heavy atom. The number of nitro groups is 1. The Labute approximate surface area is 144 Å². The summed E-state index contributed by atoms with van der Waals surface area (Å²) in [7, 11) is 1.74. The summed E-state index contributed by atoms with van der Waals surface area (Å²) in [6.45, 7) is -0.413. The Bertz CT molecular complexity index is 702. The van der Waals surface area contributed by atoms with Crippen LogP contribution in [0.2, 0.25) is 0 Å². The van der Waals surface area contributed by atoms with Crippen LogP contribution in [0.25, 0.3) is 0 Å². The number of fused-ring (bicyclic) bond motifs is 1. The van der Waals surface area contributed by atoms with E-state index >= 15 is 0 Å². The molecule has 1 aliphatic heterocycles. The van der Waals surface area contributed by atoms with E-state index in [1.54, 1.807) is 11.9 Å². The summed E-state index contributed by atoms with van der Waals surface area (Å²) in [5.41, 5.74) is 0. The molecule has 1 aliphatic carbocycles. The maximum atomic E-state index is 12.6. The van der Waals surface area contributed by atoms with Gasteiger partial charge in [0.15, 0.2) is 12.4 Å². The highest BCUT2D eigenvalue weighted by atomic mass is 16.6. The Balaban J connectivity index is 1.79. The first-order valence-corrected chi connectivity index (χ1v) is 8.31. The minimum absolute atomic E-state index is 0.0239. The molecule has 0 bridgehead atoms. The smallest absolute Gasteiger partial charge is 0.366 e. The van der Waals surface area contributed by atoms with E-state index in [9.17, 15) is 19.7 Å². The van der Waals surface area contributed by atoms with Crippen LogP contribution in [0, 0.1) is 10.1 Å². The van der Waals surface area contributed by atoms with Gasteiger partial charge < -0.3 is 19.8 Å². The van der Waals surface area contributed by atoms with Gasteiger partial charge in [0.05, 0.1) is 0 Å². The summed E-state index contributed by atoms with van der Waals surface area (Å²) >= 11 is 0. The Hall–Kier alpha value is -2.71. The van der Waals surface area contributed by atoms with E-state index in [0.717, 1.165) is 25.7 Å². The van der Waals surface area contributed by atoms with E-state index < -0.39 is 16.6 Å². The molecule has 0 unspecified atom stereocenters. The summed E-state index contributed by atoms with van der Waals surface area (Å²) in [5.74, 6) is -0.753. The number of amides is 2. The van der Waals surface area contributed by atoms with Gasteiger partial charge in [0.2, 0.25) is 5.91 Å². The van der Waals surface area contributed by atoms with Crippen LogP contribution in [0.5, 0.6) is 5.75 Å². The maximum absolute atomic E-state index is 12.6. The van der Waals surface area contributed by atoms with Crippen LogP contribution in [0.3, 0.4) is 0 Å². The van der Waals surface area contributed by atoms with Crippen LogP contribution in [0.15, 0.2) is 12.1 Å². The molecule has 0 N–H and O–H groups in total. The zero-order chi connectivity index (χ0) is 18.0. The number of ether oxygens (including phenoxy) is 1. The number of nitrogens with zero attached hydrogens (tertiary/aromatic N) is 4. The summed E-state index contributed by atoms with van der Waals surface area (Å²) in [4.78, 5) is 41.8. The normalized spacial score (nSPS) is 17.6. The fourth-order valence-electron chi connectivity index (χ4n) is 3.25. The minimum Gasteiger partial charge on any atom is -0.477 e. The van der Waals surface area contributed by atoms with Crippen LogP contribution >= 0.6 is 0 Å². The number of hydrogen-bond donors (Lipinski definition) is 0. The Kier molecular flexibility index (Phi) is 4.82. The van der Waals surface area contributed by atoms with E-state index in [1.165, 1.54) is 23.5 Å². The fourth-order valence-corrected chi connectivity index (χ4v) is 3.25. The van der Waals surface area contributed by atoms with Crippen molar-refractivity contribution in [1.82, 2.24) is 9.88 Å². The van der Waals surface area contributed by atoms with Gasteiger partial charge in [-0.25, -0.2) is 0 Å². The number of pyridine rings is 1. The average Bonchev–Trinajstić information content (AvgIpc) is 2.63. The third-order valence-corrected chi connectivity index (χ3v) is 4.73. The van der Waals surface area contributed by atoms with Crippen molar-refractivity contribution in [3.05, 3.63) is 22.2 Å². The van der Waals surface area contributed by atoms with Crippen molar-refractivity contribution in [3.63, 3.8) is 0 Å². The molecular formula is C16H20N4O5. The van der Waals surface area contributed by atoms with E-state index in [2.05, 4.69) is 4.98 Å². The molecule has 1 aromatic heterocycles. The van der Waals surface area contributed by atoms with E-state index in [4.69, 9.17) is 4.74 Å². The zero-order valence-corrected chi connectivity index (χ0v) is 14.0. The summed E-state index contributed by atoms with van der Waals surface area (Å²) in [6.07, 6.45) is 5.28. The molecule has 2 heterocycles. The molecule has 3 rings (SSSR count). The van der Waals surface area contributed by atoms with Crippen molar-refractivity contribution in [3.8, 4) is 5.75 Å². The number of carbonyl (C=O) groups excluding carboxylic acids is 2. The highest BCUT2D eigenvalue weighted by Gasteiger charge is 2.35. The third-order valence-electron chi connectivity index (χ3n) is 4.73. The number of carbonyl (C=O) groups is 2. The van der Waals surface area contributed by atoms with Crippen LogP contribution < -0.4 is 9.64 Å². The molecule has 134 valence electrons. The highest BCUT2D eigenvalue weighted by Crippen LogP contribution is 2.32. The minimum atomic E-state index is -0.645. The van der Waals surface area contributed by atoms with Gasteiger partial charge in [-0.2, -0.15) is 0 Å². The van der Waals surface area contributed by atoms with E-state index in [1.807, 2.05) is 0 Å². The molecular weight excluding hydrogens is 328 g/mol. The van der Waals surface area contributed by atoms with Gasteiger partial charge in [0.25, 0.3) is 11.7 Å². The molecule has 2 aliphatic rings. The lowest BCUT2D eigenvalue weighted by molar-refractivity contribution is -0.389. The quantitative estimate of drug-likeness (QED) is 0.603. The molecule has 0 atom stereocenters. The first-order valence-electron chi connectivity index (χ1n) is 8.31. The number of likely N-dealkylation sites (N-methyl/N-ethyl adjacent to an activating group) is 1. The fraction of sp³-hybridized carbons (Fsp3) is 0.562. The molecule has 0 spiro atoms. The summed E-state index contributed by atoms with van der Waals surface area (Å²) in [6, 6.07) is 2.79. The predicted molar refractivity (Wildman–Crippen MR) is 88.4 cm³/mol. The summed E-state index contributed by atoms with van der Waals surface area (Å²) in [5, 5.41) is 10.9. The second kappa shape index (κ2) is 7.04. The van der Waals surface area contributed by atoms with Gasteiger partial charge in [-0.3, -0.25) is 14.5 Å². The second-order valence-corrected chi connectivity index (χ2v) is 6.31. The Morgan fingerprint density at radius 1 is 1.40 bits per heavy atom. The first-order chi connectivity index (χ1) is 12.0. The van der Waals surface area contributed by atoms with Gasteiger partial charge in [-0.05, 0) is 28.8 Å². The molecule has 0 radical (unpaired) electrons. The van der Waals surface area contributed by atoms with Crippen LogP contribution in [-0.2, 0) is 9.59 Å². The highest BCUT2D eigenvalue weighted by molar-refractivity contribution is 6.01. The zero-order valence-electron chi connectivity index (χ0n) is 14.0. The van der Waals surface area contributed by atoms with Gasteiger partial charge in [-0.1, -0.05) is 19.3 Å². The Morgan fingerprint density at radius 2 is 2.12 bits per heavy atom. The van der Waals surface area contributed by atoms with Gasteiger partial charge in [0, 0.05) is 19.2 Å². The SMILES string of the molecule is CN(C(=O)CN1C(=O)COc2ccc([N+](=O)[O-])nc21)C1CCCCC1. The molecule has 1 fully saturated rings. The molecule has 1 aromatic rings. The molecule has 2 amide bonds. The molecule has 9 nitrogen and oxygen atoms in total. The van der Waals surface area contributed by atoms with Crippen molar-refractivity contribution >= 4 is 23.5 Å². The predicted octanol–water partition coefficient (Wildman–Crippen LogP) is 1.51. The van der Waals surface area contributed by atoms with Crippen LogP contribution in [-0.4, -0.2) is 52.9 Å². The monoisotopic (exact) mass is 348 g/mol. The van der Waals surface area contributed by atoms with Gasteiger partial charge in [0.1, 0.15) is 6.54 Å². The average molecular weight is 348 g/mol. The number of rotatable bonds is 4. The van der Waals surface area contributed by atoms with Crippen LogP contribution in [0.1, 0.15) is 32.1 Å². The van der Waals surface area contributed by atoms with Crippen LogP contribution in [0.4, 0.5) is 11.6 Å². The van der Waals surface area contributed by atoms with E-state index in [-0.39, 0.29) is 36.7 Å². The number of anilines is 1. The number of hydrogen-bond acceptors (Lipinski definition) is 6. The molecule has 1 saturated carbocycles. The number of aromatic nitrogens is 1. The maximum Gasteiger partial charge on any atom is 0.366 e. The standard InChI is InChI=1S/C16H20N4O5/c1-18(11-5-3-2-4-6-11)14(21)9-19-15(22)10-25-12-7-8-13(20(23)24)17-16(12)19/h7-8,11H,2-6,9-10H2,1H3. The van der Waals surface area contributed by atoms with Gasteiger partial charge >= 0.3 is 5.82 Å². The molecule has 0 aromatic carbocycles. The topological polar surface area (TPSA) is 106 Å². The van der Waals surface area contributed by atoms with Crippen molar-refractivity contribution in [2.75, 3.05) is 25.1 Å². The molecule has 0 saturated heterocycles. The van der Waals surface area contributed by atoms with E-state index in [0.29, 0.717) is 0 Å². The summed E-state index contributed by atoms with van der Waals surface area (Å²) < 4.78 is 5.26. The lowest BCUT2D eigenvalue weighted by atomic mass is 9.94. The van der Waals surface area contributed by atoms with Crippen molar-refractivity contribution in [2.24, 2.45) is 0 Å². The van der Waals surface area contributed by atoms with Crippen molar-refractivity contribution < 1.29 is 19.2 Å². The lowest BCUT2D eigenvalue weighted by Crippen LogP contribution is -2.48.